The van der Waals surface area contributed by atoms with Crippen molar-refractivity contribution >= 4 is 34.1 Å². The summed E-state index contributed by atoms with van der Waals surface area (Å²) >= 11 is 2.66. The van der Waals surface area contributed by atoms with Crippen LogP contribution < -0.4 is 14.8 Å². The lowest BCUT2D eigenvalue weighted by Gasteiger charge is -2.16. The van der Waals surface area contributed by atoms with E-state index in [1.165, 1.54) is 23.1 Å². The third-order valence-electron chi connectivity index (χ3n) is 4.12. The van der Waals surface area contributed by atoms with Crippen LogP contribution in [-0.4, -0.2) is 43.7 Å². The largest absolute Gasteiger partial charge is 0.497 e. The lowest BCUT2D eigenvalue weighted by molar-refractivity contribution is -0.113. The molecule has 0 aliphatic carbocycles. The first-order chi connectivity index (χ1) is 15.0. The molecule has 1 aromatic carbocycles. The fourth-order valence-corrected chi connectivity index (χ4v) is 4.12. The van der Waals surface area contributed by atoms with Crippen LogP contribution in [0.1, 0.15) is 30.8 Å². The smallest absolute Gasteiger partial charge is 0.236 e. The van der Waals surface area contributed by atoms with E-state index in [2.05, 4.69) is 32.3 Å². The molecular formula is C20H24N6O3S2. The number of aryl methyl sites for hydroxylation is 1. The first kappa shape index (κ1) is 22.8. The van der Waals surface area contributed by atoms with E-state index in [1.54, 1.807) is 13.2 Å². The molecule has 0 saturated heterocycles. The number of thioether (sulfide) groups is 1. The number of methoxy groups -OCH3 is 1. The van der Waals surface area contributed by atoms with Crippen LogP contribution in [0.3, 0.4) is 0 Å². The molecule has 1 amide bonds. The van der Waals surface area contributed by atoms with Crippen LogP contribution in [0.5, 0.6) is 11.5 Å². The van der Waals surface area contributed by atoms with E-state index in [0.717, 1.165) is 11.4 Å². The van der Waals surface area contributed by atoms with Crippen molar-refractivity contribution in [1.29, 1.82) is 0 Å². The molecule has 1 atom stereocenters. The maximum absolute atomic E-state index is 12.3. The highest BCUT2D eigenvalue weighted by Gasteiger charge is 2.20. The summed E-state index contributed by atoms with van der Waals surface area (Å²) in [5.74, 6) is 2.00. The predicted octanol–water partition coefficient (Wildman–Crippen LogP) is 3.76. The van der Waals surface area contributed by atoms with E-state index in [1.807, 2.05) is 42.7 Å². The van der Waals surface area contributed by atoms with E-state index in [-0.39, 0.29) is 17.8 Å². The Hall–Kier alpha value is -2.92. The molecule has 0 saturated carbocycles. The Balaban J connectivity index is 1.66. The predicted molar refractivity (Wildman–Crippen MR) is 121 cm³/mol. The minimum absolute atomic E-state index is 0.168. The van der Waals surface area contributed by atoms with Crippen LogP contribution >= 0.6 is 23.1 Å². The van der Waals surface area contributed by atoms with Gasteiger partial charge in [0.2, 0.25) is 11.0 Å². The maximum Gasteiger partial charge on any atom is 0.236 e. The van der Waals surface area contributed by atoms with Gasteiger partial charge < -0.3 is 9.47 Å². The SMILES string of the molecule is C=CCn1c(SCC(=O)Nc2nnc(CC)s2)nnc1C(C)Oc1cccc(OC)c1. The van der Waals surface area contributed by atoms with Crippen molar-refractivity contribution < 1.29 is 14.3 Å². The van der Waals surface area contributed by atoms with Crippen molar-refractivity contribution in [2.75, 3.05) is 18.2 Å². The second-order valence-corrected chi connectivity index (χ2v) is 8.38. The molecule has 31 heavy (non-hydrogen) atoms. The Morgan fingerprint density at radius 3 is 2.84 bits per heavy atom. The molecule has 0 aliphatic heterocycles. The summed E-state index contributed by atoms with van der Waals surface area (Å²) in [5.41, 5.74) is 0. The van der Waals surface area contributed by atoms with Crippen LogP contribution in [0.4, 0.5) is 5.13 Å². The average Bonchev–Trinajstić information content (AvgIpc) is 3.39. The Kier molecular flexibility index (Phi) is 8.01. The van der Waals surface area contributed by atoms with Crippen LogP contribution in [0, 0.1) is 0 Å². The topological polar surface area (TPSA) is 104 Å². The number of nitrogens with one attached hydrogen (secondary N) is 1. The number of carbonyl (C=O) groups is 1. The zero-order chi connectivity index (χ0) is 22.2. The number of rotatable bonds is 11. The normalized spacial score (nSPS) is 11.7. The average molecular weight is 461 g/mol. The zero-order valence-electron chi connectivity index (χ0n) is 17.6. The third kappa shape index (κ3) is 6.05. The number of benzene rings is 1. The molecule has 9 nitrogen and oxygen atoms in total. The summed E-state index contributed by atoms with van der Waals surface area (Å²) in [5, 5.41) is 21.2. The molecule has 2 heterocycles. The number of aromatic nitrogens is 5. The van der Waals surface area contributed by atoms with Gasteiger partial charge in [-0.1, -0.05) is 42.2 Å². The Morgan fingerprint density at radius 1 is 1.32 bits per heavy atom. The van der Waals surface area contributed by atoms with E-state index in [4.69, 9.17) is 9.47 Å². The second kappa shape index (κ2) is 10.9. The van der Waals surface area contributed by atoms with E-state index in [9.17, 15) is 4.79 Å². The van der Waals surface area contributed by atoms with Gasteiger partial charge in [0.1, 0.15) is 16.5 Å². The number of hydrogen-bond donors (Lipinski definition) is 1. The van der Waals surface area contributed by atoms with Crippen LogP contribution in [0.2, 0.25) is 0 Å². The van der Waals surface area contributed by atoms with E-state index >= 15 is 0 Å². The third-order valence-corrected chi connectivity index (χ3v) is 6.07. The summed E-state index contributed by atoms with van der Waals surface area (Å²) in [7, 11) is 1.61. The summed E-state index contributed by atoms with van der Waals surface area (Å²) in [6, 6.07) is 7.37. The van der Waals surface area contributed by atoms with E-state index < -0.39 is 0 Å². The van der Waals surface area contributed by atoms with E-state index in [0.29, 0.717) is 34.2 Å². The van der Waals surface area contributed by atoms with Crippen molar-refractivity contribution in [3.8, 4) is 11.5 Å². The molecule has 3 aromatic rings. The summed E-state index contributed by atoms with van der Waals surface area (Å²) in [6.07, 6.45) is 2.17. The Bertz CT molecular complexity index is 1040. The highest BCUT2D eigenvalue weighted by molar-refractivity contribution is 7.99. The number of amides is 1. The van der Waals surface area contributed by atoms with Crippen molar-refractivity contribution in [1.82, 2.24) is 25.0 Å². The number of ether oxygens (including phenoxy) is 2. The molecule has 2 aromatic heterocycles. The molecule has 0 aliphatic rings. The summed E-state index contributed by atoms with van der Waals surface area (Å²) in [4.78, 5) is 12.3. The van der Waals surface area contributed by atoms with Gasteiger partial charge in [0.15, 0.2) is 17.1 Å². The molecule has 3 rings (SSSR count). The monoisotopic (exact) mass is 460 g/mol. The molecule has 0 fully saturated rings. The first-order valence-electron chi connectivity index (χ1n) is 9.63. The quantitative estimate of drug-likeness (QED) is 0.341. The number of anilines is 1. The molecule has 0 radical (unpaired) electrons. The van der Waals surface area contributed by atoms with Gasteiger partial charge in [-0.3, -0.25) is 14.7 Å². The van der Waals surface area contributed by atoms with Crippen molar-refractivity contribution in [3.63, 3.8) is 0 Å². The van der Waals surface area contributed by atoms with Gasteiger partial charge in [0, 0.05) is 12.6 Å². The van der Waals surface area contributed by atoms with Gasteiger partial charge in [-0.2, -0.15) is 0 Å². The molecule has 1 unspecified atom stereocenters. The molecule has 0 bridgehead atoms. The Morgan fingerprint density at radius 2 is 2.13 bits per heavy atom. The van der Waals surface area contributed by atoms with Gasteiger partial charge in [0.05, 0.1) is 12.9 Å². The highest BCUT2D eigenvalue weighted by Crippen LogP contribution is 2.27. The second-order valence-electron chi connectivity index (χ2n) is 6.37. The van der Waals surface area contributed by atoms with Gasteiger partial charge in [-0.25, -0.2) is 0 Å². The Labute approximate surface area is 188 Å². The lowest BCUT2D eigenvalue weighted by Crippen LogP contribution is -2.15. The molecular weight excluding hydrogens is 436 g/mol. The lowest BCUT2D eigenvalue weighted by atomic mass is 10.3. The van der Waals surface area contributed by atoms with Crippen LogP contribution in [0.15, 0.2) is 42.1 Å². The first-order valence-corrected chi connectivity index (χ1v) is 11.4. The van der Waals surface area contributed by atoms with Crippen LogP contribution in [0.25, 0.3) is 0 Å². The fraction of sp³-hybridized carbons (Fsp3) is 0.350. The number of allylic oxidation sites excluding steroid dienone is 1. The van der Waals surface area contributed by atoms with Crippen molar-refractivity contribution in [2.24, 2.45) is 0 Å². The van der Waals surface area contributed by atoms with Gasteiger partial charge in [-0.15, -0.1) is 27.0 Å². The number of hydrogen-bond acceptors (Lipinski definition) is 9. The number of nitrogens with zero attached hydrogens (tertiary/aromatic N) is 5. The minimum Gasteiger partial charge on any atom is -0.497 e. The minimum atomic E-state index is -0.364. The van der Waals surface area contributed by atoms with Crippen molar-refractivity contribution in [3.05, 3.63) is 47.8 Å². The summed E-state index contributed by atoms with van der Waals surface area (Å²) < 4.78 is 13.1. The molecule has 164 valence electrons. The molecule has 1 N–H and O–H groups in total. The number of carbonyl (C=O) groups excluding carboxylic acids is 1. The van der Waals surface area contributed by atoms with Gasteiger partial charge in [-0.05, 0) is 25.5 Å². The van der Waals surface area contributed by atoms with Gasteiger partial charge >= 0.3 is 0 Å². The standard InChI is InChI=1S/C20H24N6O3S2/c1-5-10-26-18(13(3)29-15-9-7-8-14(11-15)28-4)23-25-20(26)30-12-16(27)21-19-24-22-17(6-2)31-19/h5,7-9,11,13H,1,6,10,12H2,2-4H3,(H,21,24,27). The highest BCUT2D eigenvalue weighted by atomic mass is 32.2. The van der Waals surface area contributed by atoms with Gasteiger partial charge in [0.25, 0.3) is 0 Å². The fourth-order valence-electron chi connectivity index (χ4n) is 2.67. The zero-order valence-corrected chi connectivity index (χ0v) is 19.2. The maximum atomic E-state index is 12.3. The van der Waals surface area contributed by atoms with Crippen molar-refractivity contribution in [2.45, 2.75) is 38.1 Å². The summed E-state index contributed by atoms with van der Waals surface area (Å²) in [6.45, 7) is 8.19. The molecule has 0 spiro atoms. The van der Waals surface area contributed by atoms with Crippen LogP contribution in [-0.2, 0) is 17.8 Å². The molecule has 11 heteroatoms.